The van der Waals surface area contributed by atoms with Crippen LogP contribution in [0.1, 0.15) is 52.1 Å². The van der Waals surface area contributed by atoms with E-state index in [2.05, 4.69) is 41.9 Å². The second kappa shape index (κ2) is 7.44. The molecule has 0 aromatic carbocycles. The van der Waals surface area contributed by atoms with E-state index in [0.29, 0.717) is 6.04 Å². The summed E-state index contributed by atoms with van der Waals surface area (Å²) in [6, 6.07) is 2.76. The van der Waals surface area contributed by atoms with E-state index in [1.807, 2.05) is 6.20 Å². The number of aryl methyl sites for hydroxylation is 1. The third-order valence-corrected chi connectivity index (χ3v) is 2.94. The van der Waals surface area contributed by atoms with Crippen molar-refractivity contribution in [1.29, 1.82) is 0 Å². The largest absolute Gasteiger partial charge is 0.308 e. The van der Waals surface area contributed by atoms with Crippen LogP contribution in [0.15, 0.2) is 12.3 Å². The monoisotopic (exact) mass is 223 g/mol. The summed E-state index contributed by atoms with van der Waals surface area (Å²) in [5, 5.41) is 7.94. The Labute approximate surface area is 99.2 Å². The van der Waals surface area contributed by atoms with Gasteiger partial charge in [0.15, 0.2) is 0 Å². The fraction of sp³-hybridized carbons (Fsp3) is 0.769. The molecule has 0 saturated heterocycles. The van der Waals surface area contributed by atoms with Crippen LogP contribution in [0.4, 0.5) is 0 Å². The second-order valence-electron chi connectivity index (χ2n) is 4.32. The first kappa shape index (κ1) is 13.2. The molecule has 1 atom stereocenters. The Morgan fingerprint density at radius 2 is 2.12 bits per heavy atom. The highest BCUT2D eigenvalue weighted by Gasteiger charge is 2.06. The van der Waals surface area contributed by atoms with E-state index in [0.717, 1.165) is 19.5 Å². The summed E-state index contributed by atoms with van der Waals surface area (Å²) in [7, 11) is 0. The lowest BCUT2D eigenvalue weighted by Gasteiger charge is -2.16. The minimum atomic E-state index is 0.648. The SMILES string of the molecule is CCCC(CC)NCc1ccnn1CCC. The van der Waals surface area contributed by atoms with Crippen LogP contribution in [-0.4, -0.2) is 15.8 Å². The molecule has 0 fully saturated rings. The summed E-state index contributed by atoms with van der Waals surface area (Å²) >= 11 is 0. The van der Waals surface area contributed by atoms with Crippen molar-refractivity contribution >= 4 is 0 Å². The first-order valence-electron chi connectivity index (χ1n) is 6.55. The molecule has 0 bridgehead atoms. The van der Waals surface area contributed by atoms with Gasteiger partial charge in [-0.25, -0.2) is 0 Å². The summed E-state index contributed by atoms with van der Waals surface area (Å²) < 4.78 is 2.10. The molecule has 3 heteroatoms. The molecular formula is C13H25N3. The quantitative estimate of drug-likeness (QED) is 0.734. The molecule has 0 radical (unpaired) electrons. The van der Waals surface area contributed by atoms with Crippen molar-refractivity contribution < 1.29 is 0 Å². The highest BCUT2D eigenvalue weighted by molar-refractivity contribution is 5.00. The fourth-order valence-electron chi connectivity index (χ4n) is 1.97. The van der Waals surface area contributed by atoms with Gasteiger partial charge in [-0.3, -0.25) is 4.68 Å². The maximum atomic E-state index is 4.33. The molecule has 1 aromatic heterocycles. The Bertz CT molecular complexity index is 280. The molecule has 1 unspecified atom stereocenters. The minimum absolute atomic E-state index is 0.648. The van der Waals surface area contributed by atoms with Gasteiger partial charge in [0.25, 0.3) is 0 Å². The normalized spacial score (nSPS) is 12.9. The lowest BCUT2D eigenvalue weighted by molar-refractivity contribution is 0.446. The van der Waals surface area contributed by atoms with Gasteiger partial charge in [-0.15, -0.1) is 0 Å². The van der Waals surface area contributed by atoms with Crippen molar-refractivity contribution in [1.82, 2.24) is 15.1 Å². The van der Waals surface area contributed by atoms with Gasteiger partial charge in [0.1, 0.15) is 0 Å². The molecule has 0 saturated carbocycles. The average molecular weight is 223 g/mol. The first-order valence-corrected chi connectivity index (χ1v) is 6.55. The van der Waals surface area contributed by atoms with Crippen molar-refractivity contribution in [2.75, 3.05) is 0 Å². The summed E-state index contributed by atoms with van der Waals surface area (Å²) in [5.74, 6) is 0. The highest BCUT2D eigenvalue weighted by Crippen LogP contribution is 2.05. The van der Waals surface area contributed by atoms with Gasteiger partial charge in [-0.1, -0.05) is 27.2 Å². The average Bonchev–Trinajstić information content (AvgIpc) is 2.72. The summed E-state index contributed by atoms with van der Waals surface area (Å²) in [5.41, 5.74) is 1.30. The molecule has 16 heavy (non-hydrogen) atoms. The summed E-state index contributed by atoms with van der Waals surface area (Å²) in [6.07, 6.45) is 6.75. The molecule has 0 spiro atoms. The fourth-order valence-corrected chi connectivity index (χ4v) is 1.97. The standard InChI is InChI=1S/C13H25N3/c1-4-7-12(6-3)14-11-13-8-9-15-16(13)10-5-2/h8-9,12,14H,4-7,10-11H2,1-3H3. The number of nitrogens with one attached hydrogen (secondary N) is 1. The second-order valence-corrected chi connectivity index (χ2v) is 4.32. The minimum Gasteiger partial charge on any atom is -0.308 e. The molecule has 0 aliphatic rings. The van der Waals surface area contributed by atoms with Gasteiger partial charge in [-0.05, 0) is 25.3 Å². The Kier molecular flexibility index (Phi) is 6.16. The maximum absolute atomic E-state index is 4.33. The van der Waals surface area contributed by atoms with Crippen molar-refractivity contribution in [3.8, 4) is 0 Å². The summed E-state index contributed by atoms with van der Waals surface area (Å²) in [4.78, 5) is 0. The molecule has 3 nitrogen and oxygen atoms in total. The molecule has 1 aromatic rings. The van der Waals surface area contributed by atoms with Crippen LogP contribution < -0.4 is 5.32 Å². The van der Waals surface area contributed by atoms with E-state index in [1.165, 1.54) is 25.0 Å². The lowest BCUT2D eigenvalue weighted by atomic mass is 10.1. The van der Waals surface area contributed by atoms with E-state index in [1.54, 1.807) is 0 Å². The van der Waals surface area contributed by atoms with Gasteiger partial charge >= 0.3 is 0 Å². The zero-order chi connectivity index (χ0) is 11.8. The Hall–Kier alpha value is -0.830. The van der Waals surface area contributed by atoms with E-state index < -0.39 is 0 Å². The topological polar surface area (TPSA) is 29.9 Å². The summed E-state index contributed by atoms with van der Waals surface area (Å²) in [6.45, 7) is 8.64. The molecule has 92 valence electrons. The van der Waals surface area contributed by atoms with E-state index in [4.69, 9.17) is 0 Å². The molecule has 1 N–H and O–H groups in total. The van der Waals surface area contributed by atoms with Crippen molar-refractivity contribution in [3.05, 3.63) is 18.0 Å². The molecule has 1 rings (SSSR count). The highest BCUT2D eigenvalue weighted by atomic mass is 15.3. The zero-order valence-corrected chi connectivity index (χ0v) is 10.9. The van der Waals surface area contributed by atoms with Gasteiger partial charge in [0, 0.05) is 25.3 Å². The van der Waals surface area contributed by atoms with E-state index in [9.17, 15) is 0 Å². The van der Waals surface area contributed by atoms with Crippen molar-refractivity contribution in [2.45, 2.75) is 65.6 Å². The van der Waals surface area contributed by atoms with Crippen LogP contribution >= 0.6 is 0 Å². The molecule has 0 aliphatic heterocycles. The lowest BCUT2D eigenvalue weighted by Crippen LogP contribution is -2.28. The van der Waals surface area contributed by atoms with Crippen LogP contribution in [0, 0.1) is 0 Å². The van der Waals surface area contributed by atoms with Gasteiger partial charge < -0.3 is 5.32 Å². The predicted molar refractivity (Wildman–Crippen MR) is 68.3 cm³/mol. The number of nitrogens with zero attached hydrogens (tertiary/aromatic N) is 2. The third-order valence-electron chi connectivity index (χ3n) is 2.94. The van der Waals surface area contributed by atoms with E-state index >= 15 is 0 Å². The Morgan fingerprint density at radius 3 is 2.75 bits per heavy atom. The van der Waals surface area contributed by atoms with Crippen molar-refractivity contribution in [3.63, 3.8) is 0 Å². The number of hydrogen-bond acceptors (Lipinski definition) is 2. The molecule has 0 aliphatic carbocycles. The molecular weight excluding hydrogens is 198 g/mol. The van der Waals surface area contributed by atoms with Crippen LogP contribution in [-0.2, 0) is 13.1 Å². The van der Waals surface area contributed by atoms with Gasteiger partial charge in [0.2, 0.25) is 0 Å². The van der Waals surface area contributed by atoms with Crippen molar-refractivity contribution in [2.24, 2.45) is 0 Å². The smallest absolute Gasteiger partial charge is 0.0522 e. The zero-order valence-electron chi connectivity index (χ0n) is 10.9. The van der Waals surface area contributed by atoms with Gasteiger partial charge in [0.05, 0.1) is 5.69 Å². The van der Waals surface area contributed by atoms with Crippen LogP contribution in [0.25, 0.3) is 0 Å². The number of aromatic nitrogens is 2. The van der Waals surface area contributed by atoms with E-state index in [-0.39, 0.29) is 0 Å². The first-order chi connectivity index (χ1) is 7.81. The maximum Gasteiger partial charge on any atom is 0.0522 e. The third kappa shape index (κ3) is 3.97. The number of rotatable bonds is 8. The predicted octanol–water partition coefficient (Wildman–Crippen LogP) is 2.96. The number of hydrogen-bond donors (Lipinski definition) is 1. The van der Waals surface area contributed by atoms with Gasteiger partial charge in [-0.2, -0.15) is 5.10 Å². The van der Waals surface area contributed by atoms with Crippen LogP contribution in [0.2, 0.25) is 0 Å². The Balaban J connectivity index is 2.43. The van der Waals surface area contributed by atoms with Crippen LogP contribution in [0.3, 0.4) is 0 Å². The Morgan fingerprint density at radius 1 is 1.31 bits per heavy atom. The molecule has 1 heterocycles. The van der Waals surface area contributed by atoms with Crippen LogP contribution in [0.5, 0.6) is 0 Å². The molecule has 0 amide bonds.